The van der Waals surface area contributed by atoms with Gasteiger partial charge in [-0.1, -0.05) is 24.9 Å². The van der Waals surface area contributed by atoms with Crippen LogP contribution in [0, 0.1) is 6.92 Å². The van der Waals surface area contributed by atoms with Crippen molar-refractivity contribution in [1.29, 1.82) is 0 Å². The second kappa shape index (κ2) is 5.91. The molecule has 4 heteroatoms. The summed E-state index contributed by atoms with van der Waals surface area (Å²) in [7, 11) is 0. The fourth-order valence-electron chi connectivity index (χ4n) is 1.81. The Labute approximate surface area is 113 Å². The zero-order chi connectivity index (χ0) is 13.0. The van der Waals surface area contributed by atoms with Crippen molar-refractivity contribution in [2.75, 3.05) is 5.32 Å². The summed E-state index contributed by atoms with van der Waals surface area (Å²) in [6.07, 6.45) is 4.41. The lowest BCUT2D eigenvalue weighted by molar-refractivity contribution is 0.637. The molecule has 0 aliphatic carbocycles. The average Bonchev–Trinajstić information content (AvgIpc) is 2.70. The van der Waals surface area contributed by atoms with Crippen LogP contribution >= 0.6 is 11.6 Å². The zero-order valence-corrected chi connectivity index (χ0v) is 11.5. The van der Waals surface area contributed by atoms with Crippen LogP contribution in [0.25, 0.3) is 0 Å². The Balaban J connectivity index is 2.14. The van der Waals surface area contributed by atoms with Gasteiger partial charge >= 0.3 is 0 Å². The average molecular weight is 264 g/mol. The molecule has 0 aliphatic rings. The Bertz CT molecular complexity index is 502. The summed E-state index contributed by atoms with van der Waals surface area (Å²) < 4.78 is 2.16. The monoisotopic (exact) mass is 263 g/mol. The van der Waals surface area contributed by atoms with E-state index in [-0.39, 0.29) is 0 Å². The Hall–Kier alpha value is -1.48. The van der Waals surface area contributed by atoms with E-state index >= 15 is 0 Å². The van der Waals surface area contributed by atoms with Crippen molar-refractivity contribution in [1.82, 2.24) is 9.55 Å². The number of nitrogens with one attached hydrogen (secondary N) is 1. The van der Waals surface area contributed by atoms with Gasteiger partial charge in [-0.2, -0.15) is 0 Å². The summed E-state index contributed by atoms with van der Waals surface area (Å²) in [5.41, 5.74) is 2.03. The molecule has 0 atom stereocenters. The molecule has 0 unspecified atom stereocenters. The smallest absolute Gasteiger partial charge is 0.207 e. The molecule has 2 aromatic rings. The fourth-order valence-corrected chi connectivity index (χ4v) is 1.93. The fraction of sp³-hybridized carbons (Fsp3) is 0.357. The molecule has 96 valence electrons. The van der Waals surface area contributed by atoms with Gasteiger partial charge in [-0.15, -0.1) is 0 Å². The Kier molecular flexibility index (Phi) is 4.26. The van der Waals surface area contributed by atoms with Crippen LogP contribution in [0.15, 0.2) is 30.5 Å². The highest BCUT2D eigenvalue weighted by Gasteiger charge is 2.05. The molecule has 0 saturated heterocycles. The lowest BCUT2D eigenvalue weighted by atomic mass is 10.3. The highest BCUT2D eigenvalue weighted by molar-refractivity contribution is 6.30. The summed E-state index contributed by atoms with van der Waals surface area (Å²) in [5.74, 6) is 0.892. The lowest BCUT2D eigenvalue weighted by Crippen LogP contribution is -2.03. The maximum absolute atomic E-state index is 5.87. The second-order valence-electron chi connectivity index (χ2n) is 4.38. The third-order valence-electron chi connectivity index (χ3n) is 2.75. The topological polar surface area (TPSA) is 29.9 Å². The van der Waals surface area contributed by atoms with E-state index in [1.54, 1.807) is 0 Å². The van der Waals surface area contributed by atoms with Gasteiger partial charge in [-0.25, -0.2) is 4.98 Å². The van der Waals surface area contributed by atoms with Gasteiger partial charge in [0, 0.05) is 23.5 Å². The number of nitrogens with zero attached hydrogens (tertiary/aromatic N) is 2. The predicted molar refractivity (Wildman–Crippen MR) is 76.6 cm³/mol. The van der Waals surface area contributed by atoms with Crippen LogP contribution in [0.1, 0.15) is 25.5 Å². The number of rotatable bonds is 5. The molecule has 0 amide bonds. The molecule has 1 aromatic heterocycles. The molecule has 0 spiro atoms. The molecule has 0 bridgehead atoms. The van der Waals surface area contributed by atoms with Crippen molar-refractivity contribution in [2.45, 2.75) is 33.2 Å². The number of imidazole rings is 1. The number of anilines is 2. The molecule has 0 aliphatic heterocycles. The standard InChI is InChI=1S/C14H18ClN3/c1-3-4-9-18-10-11(2)16-14(18)17-13-7-5-12(15)6-8-13/h5-8,10H,3-4,9H2,1-2H3,(H,16,17). The minimum atomic E-state index is 0.742. The van der Waals surface area contributed by atoms with Crippen molar-refractivity contribution in [3.05, 3.63) is 41.2 Å². The normalized spacial score (nSPS) is 10.6. The number of aryl methyl sites for hydroxylation is 2. The van der Waals surface area contributed by atoms with Crippen LogP contribution in [0.2, 0.25) is 5.02 Å². The Morgan fingerprint density at radius 1 is 1.28 bits per heavy atom. The molecule has 0 radical (unpaired) electrons. The Morgan fingerprint density at radius 2 is 2.00 bits per heavy atom. The van der Waals surface area contributed by atoms with Gasteiger partial charge < -0.3 is 9.88 Å². The molecular weight excluding hydrogens is 246 g/mol. The van der Waals surface area contributed by atoms with E-state index in [0.29, 0.717) is 0 Å². The van der Waals surface area contributed by atoms with Crippen LogP contribution in [0.4, 0.5) is 11.6 Å². The molecule has 2 rings (SSSR count). The van der Waals surface area contributed by atoms with Crippen LogP contribution < -0.4 is 5.32 Å². The summed E-state index contributed by atoms with van der Waals surface area (Å²) in [6.45, 7) is 5.19. The predicted octanol–water partition coefficient (Wildman–Crippen LogP) is 4.39. The molecule has 1 N–H and O–H groups in total. The molecule has 1 heterocycles. The molecule has 0 saturated carbocycles. The second-order valence-corrected chi connectivity index (χ2v) is 4.82. The van der Waals surface area contributed by atoms with Crippen molar-refractivity contribution in [3.63, 3.8) is 0 Å². The first-order valence-electron chi connectivity index (χ1n) is 6.25. The number of halogens is 1. The first-order chi connectivity index (χ1) is 8.69. The summed E-state index contributed by atoms with van der Waals surface area (Å²) in [4.78, 5) is 4.50. The van der Waals surface area contributed by atoms with Crippen molar-refractivity contribution >= 4 is 23.2 Å². The quantitative estimate of drug-likeness (QED) is 0.867. The SMILES string of the molecule is CCCCn1cc(C)nc1Nc1ccc(Cl)cc1. The van der Waals surface area contributed by atoms with Crippen molar-refractivity contribution in [2.24, 2.45) is 0 Å². The summed E-state index contributed by atoms with van der Waals surface area (Å²) in [6, 6.07) is 7.65. The van der Waals surface area contributed by atoms with E-state index in [0.717, 1.165) is 35.3 Å². The number of benzene rings is 1. The lowest BCUT2D eigenvalue weighted by Gasteiger charge is -2.09. The number of hydrogen-bond donors (Lipinski definition) is 1. The Morgan fingerprint density at radius 3 is 2.67 bits per heavy atom. The van der Waals surface area contributed by atoms with Gasteiger partial charge in [-0.3, -0.25) is 0 Å². The largest absolute Gasteiger partial charge is 0.326 e. The van der Waals surface area contributed by atoms with Crippen LogP contribution in [0.3, 0.4) is 0 Å². The van der Waals surface area contributed by atoms with Gasteiger partial charge in [0.05, 0.1) is 5.69 Å². The van der Waals surface area contributed by atoms with Gasteiger partial charge in [0.25, 0.3) is 0 Å². The number of hydrogen-bond acceptors (Lipinski definition) is 2. The highest BCUT2D eigenvalue weighted by atomic mass is 35.5. The number of unbranched alkanes of at least 4 members (excludes halogenated alkanes) is 1. The molecule has 18 heavy (non-hydrogen) atoms. The summed E-state index contributed by atoms with van der Waals surface area (Å²) in [5, 5.41) is 4.06. The maximum atomic E-state index is 5.87. The highest BCUT2D eigenvalue weighted by Crippen LogP contribution is 2.19. The molecule has 3 nitrogen and oxygen atoms in total. The number of aromatic nitrogens is 2. The third kappa shape index (κ3) is 3.26. The zero-order valence-electron chi connectivity index (χ0n) is 10.8. The van der Waals surface area contributed by atoms with Crippen LogP contribution in [0.5, 0.6) is 0 Å². The van der Waals surface area contributed by atoms with Gasteiger partial charge in [0.2, 0.25) is 5.95 Å². The van der Waals surface area contributed by atoms with E-state index < -0.39 is 0 Å². The van der Waals surface area contributed by atoms with E-state index in [1.165, 1.54) is 6.42 Å². The first kappa shape index (κ1) is 13.0. The van der Waals surface area contributed by atoms with Crippen molar-refractivity contribution in [3.8, 4) is 0 Å². The van der Waals surface area contributed by atoms with Crippen LogP contribution in [-0.2, 0) is 6.54 Å². The van der Waals surface area contributed by atoms with E-state index in [4.69, 9.17) is 11.6 Å². The van der Waals surface area contributed by atoms with E-state index in [1.807, 2.05) is 31.2 Å². The van der Waals surface area contributed by atoms with E-state index in [9.17, 15) is 0 Å². The maximum Gasteiger partial charge on any atom is 0.207 e. The van der Waals surface area contributed by atoms with Crippen LogP contribution in [-0.4, -0.2) is 9.55 Å². The van der Waals surface area contributed by atoms with Crippen molar-refractivity contribution < 1.29 is 0 Å². The molecule has 0 fully saturated rings. The summed E-state index contributed by atoms with van der Waals surface area (Å²) >= 11 is 5.87. The van der Waals surface area contributed by atoms with Gasteiger partial charge in [-0.05, 0) is 37.6 Å². The minimum Gasteiger partial charge on any atom is -0.326 e. The minimum absolute atomic E-state index is 0.742. The van der Waals surface area contributed by atoms with E-state index in [2.05, 4.69) is 28.0 Å². The first-order valence-corrected chi connectivity index (χ1v) is 6.63. The molecular formula is C14H18ClN3. The third-order valence-corrected chi connectivity index (χ3v) is 3.00. The molecule has 1 aromatic carbocycles. The van der Waals surface area contributed by atoms with Gasteiger partial charge in [0.15, 0.2) is 0 Å². The van der Waals surface area contributed by atoms with Gasteiger partial charge in [0.1, 0.15) is 0 Å².